The molecule has 0 bridgehead atoms. The second-order valence-corrected chi connectivity index (χ2v) is 6.14. The fourth-order valence-electron chi connectivity index (χ4n) is 1.44. The highest BCUT2D eigenvalue weighted by atomic mass is 32.2. The molecule has 0 unspecified atom stereocenters. The van der Waals surface area contributed by atoms with Gasteiger partial charge >= 0.3 is 0 Å². The van der Waals surface area contributed by atoms with E-state index >= 15 is 0 Å². The van der Waals surface area contributed by atoms with Crippen LogP contribution in [0.15, 0.2) is 29.2 Å². The lowest BCUT2D eigenvalue weighted by Crippen LogP contribution is -2.30. The Kier molecular flexibility index (Phi) is 5.30. The number of nitrogens with two attached hydrogens (primary N) is 1. The Hall–Kier alpha value is -1.40. The van der Waals surface area contributed by atoms with Crippen molar-refractivity contribution in [2.75, 3.05) is 18.8 Å². The third-order valence-corrected chi connectivity index (χ3v) is 4.24. The summed E-state index contributed by atoms with van der Waals surface area (Å²) in [7, 11) is -3.17. The van der Waals surface area contributed by atoms with Gasteiger partial charge in [-0.1, -0.05) is 19.1 Å². The molecule has 5 nitrogen and oxygen atoms in total. The molecule has 0 spiro atoms. The fourth-order valence-corrected chi connectivity index (χ4v) is 2.32. The van der Waals surface area contributed by atoms with Gasteiger partial charge in [0.2, 0.25) is 5.91 Å². The maximum absolute atomic E-state index is 11.6. The smallest absolute Gasteiger partial charge is 0.224 e. The summed E-state index contributed by atoms with van der Waals surface area (Å²) >= 11 is 0. The molecule has 0 fully saturated rings. The maximum atomic E-state index is 11.6. The molecule has 100 valence electrons. The Morgan fingerprint density at radius 2 is 1.89 bits per heavy atom. The Labute approximate surface area is 107 Å². The summed E-state index contributed by atoms with van der Waals surface area (Å²) in [5.74, 6) is -0.0462. The first-order valence-electron chi connectivity index (χ1n) is 5.78. The summed E-state index contributed by atoms with van der Waals surface area (Å²) in [5.41, 5.74) is 6.05. The average molecular weight is 270 g/mol. The number of carbonyl (C=O) groups excluding carboxylic acids is 1. The number of amides is 1. The minimum absolute atomic E-state index is 0.0728. The Balaban J connectivity index is 2.69. The van der Waals surface area contributed by atoms with Crippen molar-refractivity contribution < 1.29 is 13.2 Å². The molecular formula is C12H18N2O3S. The lowest BCUT2D eigenvalue weighted by Gasteiger charge is -2.05. The highest BCUT2D eigenvalue weighted by Gasteiger charge is 2.11. The first-order chi connectivity index (χ1) is 8.49. The van der Waals surface area contributed by atoms with Gasteiger partial charge in [0.15, 0.2) is 9.84 Å². The zero-order valence-electron chi connectivity index (χ0n) is 10.3. The Morgan fingerprint density at radius 1 is 1.28 bits per heavy atom. The fraction of sp³-hybridized carbons (Fsp3) is 0.417. The van der Waals surface area contributed by atoms with Crippen molar-refractivity contribution in [3.05, 3.63) is 29.8 Å². The molecule has 0 aliphatic rings. The first-order valence-corrected chi connectivity index (χ1v) is 7.43. The molecule has 6 heteroatoms. The van der Waals surface area contributed by atoms with E-state index in [9.17, 15) is 13.2 Å². The topological polar surface area (TPSA) is 89.3 Å². The van der Waals surface area contributed by atoms with Crippen LogP contribution in [0.2, 0.25) is 0 Å². The van der Waals surface area contributed by atoms with Gasteiger partial charge in [-0.2, -0.15) is 0 Å². The maximum Gasteiger partial charge on any atom is 0.224 e. The molecular weight excluding hydrogens is 252 g/mol. The summed E-state index contributed by atoms with van der Waals surface area (Å²) in [6.07, 6.45) is 0.229. The molecule has 0 atom stereocenters. The van der Waals surface area contributed by atoms with Gasteiger partial charge in [0, 0.05) is 13.1 Å². The standard InChI is InChI=1S/C12H18N2O3S/c1-2-18(16,17)11-5-3-10(4-6-11)9-12(15)14-8-7-13/h3-6H,2,7-9,13H2,1H3,(H,14,15). The van der Waals surface area contributed by atoms with Gasteiger partial charge in [-0.3, -0.25) is 4.79 Å². The van der Waals surface area contributed by atoms with E-state index in [-0.39, 0.29) is 23.0 Å². The van der Waals surface area contributed by atoms with Crippen LogP contribution in [0.5, 0.6) is 0 Å². The van der Waals surface area contributed by atoms with Crippen LogP contribution in [0.4, 0.5) is 0 Å². The highest BCUT2D eigenvalue weighted by molar-refractivity contribution is 7.91. The normalized spacial score (nSPS) is 11.2. The van der Waals surface area contributed by atoms with Gasteiger partial charge in [-0.15, -0.1) is 0 Å². The minimum atomic E-state index is -3.17. The van der Waals surface area contributed by atoms with Crippen LogP contribution in [0, 0.1) is 0 Å². The van der Waals surface area contributed by atoms with Crippen LogP contribution >= 0.6 is 0 Å². The summed E-state index contributed by atoms with van der Waals surface area (Å²) < 4.78 is 23.2. The molecule has 0 radical (unpaired) electrons. The van der Waals surface area contributed by atoms with E-state index in [0.717, 1.165) is 5.56 Å². The third kappa shape index (κ3) is 4.12. The van der Waals surface area contributed by atoms with E-state index in [1.165, 1.54) is 12.1 Å². The number of sulfone groups is 1. The monoisotopic (exact) mass is 270 g/mol. The number of hydrogen-bond acceptors (Lipinski definition) is 4. The lowest BCUT2D eigenvalue weighted by molar-refractivity contribution is -0.120. The largest absolute Gasteiger partial charge is 0.355 e. The molecule has 1 rings (SSSR count). The number of hydrogen-bond donors (Lipinski definition) is 2. The number of benzene rings is 1. The molecule has 0 heterocycles. The summed E-state index contributed by atoms with van der Waals surface area (Å²) in [6.45, 7) is 2.45. The molecule has 0 saturated carbocycles. The van der Waals surface area contributed by atoms with Crippen molar-refractivity contribution in [2.45, 2.75) is 18.2 Å². The van der Waals surface area contributed by atoms with Gasteiger partial charge < -0.3 is 11.1 Å². The van der Waals surface area contributed by atoms with Crippen molar-refractivity contribution in [3.8, 4) is 0 Å². The average Bonchev–Trinajstić information content (AvgIpc) is 2.37. The Morgan fingerprint density at radius 3 is 2.39 bits per heavy atom. The number of rotatable bonds is 6. The van der Waals surface area contributed by atoms with Crippen LogP contribution < -0.4 is 11.1 Å². The van der Waals surface area contributed by atoms with Crippen LogP contribution in [0.3, 0.4) is 0 Å². The first kappa shape index (κ1) is 14.7. The SMILES string of the molecule is CCS(=O)(=O)c1ccc(CC(=O)NCCN)cc1. The van der Waals surface area contributed by atoms with Gasteiger partial charge in [0.05, 0.1) is 17.1 Å². The predicted molar refractivity (Wildman–Crippen MR) is 69.9 cm³/mol. The number of nitrogens with one attached hydrogen (secondary N) is 1. The van der Waals surface area contributed by atoms with Crippen LogP contribution in [0.1, 0.15) is 12.5 Å². The lowest BCUT2D eigenvalue weighted by atomic mass is 10.1. The third-order valence-electron chi connectivity index (χ3n) is 2.49. The van der Waals surface area contributed by atoms with E-state index in [1.807, 2.05) is 0 Å². The second-order valence-electron chi connectivity index (χ2n) is 3.86. The predicted octanol–water partition coefficient (Wildman–Crippen LogP) is 0.0976. The van der Waals surface area contributed by atoms with Crippen LogP contribution in [-0.4, -0.2) is 33.2 Å². The molecule has 18 heavy (non-hydrogen) atoms. The zero-order chi connectivity index (χ0) is 13.6. The zero-order valence-corrected chi connectivity index (χ0v) is 11.2. The van der Waals surface area contributed by atoms with Crippen molar-refractivity contribution >= 4 is 15.7 Å². The van der Waals surface area contributed by atoms with E-state index in [1.54, 1.807) is 19.1 Å². The van der Waals surface area contributed by atoms with Gasteiger partial charge in [-0.05, 0) is 17.7 Å². The molecule has 1 aromatic carbocycles. The molecule has 0 aliphatic carbocycles. The van der Waals surface area contributed by atoms with Crippen LogP contribution in [-0.2, 0) is 21.1 Å². The minimum Gasteiger partial charge on any atom is -0.355 e. The molecule has 0 saturated heterocycles. The number of carbonyl (C=O) groups is 1. The van der Waals surface area contributed by atoms with E-state index in [4.69, 9.17) is 5.73 Å². The molecule has 0 aromatic heterocycles. The second kappa shape index (κ2) is 6.51. The van der Waals surface area contributed by atoms with Crippen LogP contribution in [0.25, 0.3) is 0 Å². The van der Waals surface area contributed by atoms with Crippen molar-refractivity contribution in [2.24, 2.45) is 5.73 Å². The molecule has 1 aromatic rings. The Bertz CT molecular complexity index is 495. The van der Waals surface area contributed by atoms with E-state index < -0.39 is 9.84 Å². The molecule has 0 aliphatic heterocycles. The van der Waals surface area contributed by atoms with Gasteiger partial charge in [0.25, 0.3) is 0 Å². The van der Waals surface area contributed by atoms with Crippen molar-refractivity contribution in [3.63, 3.8) is 0 Å². The quantitative estimate of drug-likeness (QED) is 0.767. The van der Waals surface area contributed by atoms with Crippen molar-refractivity contribution in [1.82, 2.24) is 5.32 Å². The van der Waals surface area contributed by atoms with E-state index in [2.05, 4.69) is 5.32 Å². The van der Waals surface area contributed by atoms with Crippen molar-refractivity contribution in [1.29, 1.82) is 0 Å². The molecule has 1 amide bonds. The highest BCUT2D eigenvalue weighted by Crippen LogP contribution is 2.12. The summed E-state index contributed by atoms with van der Waals surface area (Å²) in [4.78, 5) is 11.7. The van der Waals surface area contributed by atoms with Gasteiger partial charge in [-0.25, -0.2) is 8.42 Å². The van der Waals surface area contributed by atoms with Gasteiger partial charge in [0.1, 0.15) is 0 Å². The molecule has 3 N–H and O–H groups in total. The summed E-state index contributed by atoms with van der Waals surface area (Å²) in [6, 6.07) is 6.38. The van der Waals surface area contributed by atoms with E-state index in [0.29, 0.717) is 13.1 Å². The summed E-state index contributed by atoms with van der Waals surface area (Å²) in [5, 5.41) is 2.65.